The summed E-state index contributed by atoms with van der Waals surface area (Å²) in [5.74, 6) is 0.542. The number of halogens is 2. The van der Waals surface area contributed by atoms with Crippen LogP contribution in [0.2, 0.25) is 10.0 Å². The van der Waals surface area contributed by atoms with Crippen LogP contribution in [0.5, 0.6) is 5.75 Å². The van der Waals surface area contributed by atoms with E-state index >= 15 is 0 Å². The Morgan fingerprint density at radius 2 is 1.87 bits per heavy atom. The van der Waals surface area contributed by atoms with Gasteiger partial charge in [-0.2, -0.15) is 0 Å². The maximum absolute atomic E-state index is 12.2. The van der Waals surface area contributed by atoms with Gasteiger partial charge in [0.05, 0.1) is 23.4 Å². The van der Waals surface area contributed by atoms with Gasteiger partial charge in [0, 0.05) is 17.8 Å². The van der Waals surface area contributed by atoms with Gasteiger partial charge in [0.25, 0.3) is 0 Å². The molecular weight excluding hydrogens is 463 g/mol. The number of hydrogen-bond donors (Lipinski definition) is 1. The van der Waals surface area contributed by atoms with Gasteiger partial charge in [0.15, 0.2) is 11.0 Å². The number of amides is 1. The highest BCUT2D eigenvalue weighted by Crippen LogP contribution is 2.28. The molecule has 0 saturated carbocycles. The average molecular weight is 481 g/mol. The van der Waals surface area contributed by atoms with Crippen LogP contribution in [0.15, 0.2) is 47.6 Å². The van der Waals surface area contributed by atoms with Crippen molar-refractivity contribution in [3.63, 3.8) is 0 Å². The number of benzene rings is 2. The quantitative estimate of drug-likeness (QED) is 0.380. The van der Waals surface area contributed by atoms with Gasteiger partial charge in [-0.05, 0) is 42.5 Å². The fraction of sp³-hybridized carbons (Fsp3) is 0.200. The predicted molar refractivity (Wildman–Crippen MR) is 119 cm³/mol. The van der Waals surface area contributed by atoms with E-state index in [1.54, 1.807) is 54.1 Å². The van der Waals surface area contributed by atoms with Crippen molar-refractivity contribution in [2.75, 3.05) is 18.2 Å². The van der Waals surface area contributed by atoms with E-state index in [9.17, 15) is 9.59 Å². The summed E-state index contributed by atoms with van der Waals surface area (Å²) < 4.78 is 12.1. The van der Waals surface area contributed by atoms with E-state index < -0.39 is 5.97 Å². The lowest BCUT2D eigenvalue weighted by molar-refractivity contribution is -0.113. The molecule has 1 N–H and O–H groups in total. The van der Waals surface area contributed by atoms with Gasteiger partial charge in [-0.15, -0.1) is 10.2 Å². The average Bonchev–Trinajstić information content (AvgIpc) is 3.11. The van der Waals surface area contributed by atoms with Gasteiger partial charge in [0.2, 0.25) is 5.91 Å². The molecule has 0 atom stereocenters. The fourth-order valence-electron chi connectivity index (χ4n) is 2.47. The number of aromatic nitrogens is 3. The van der Waals surface area contributed by atoms with Crippen molar-refractivity contribution < 1.29 is 19.1 Å². The molecular formula is C20H18Cl2N4O4S. The molecule has 0 radical (unpaired) electrons. The molecule has 1 aromatic heterocycles. The Hall–Kier alpha value is -2.75. The summed E-state index contributed by atoms with van der Waals surface area (Å²) in [4.78, 5) is 23.7. The monoisotopic (exact) mass is 480 g/mol. The van der Waals surface area contributed by atoms with Crippen LogP contribution in [0.1, 0.15) is 16.2 Å². The van der Waals surface area contributed by atoms with Gasteiger partial charge in [-0.1, -0.05) is 35.0 Å². The number of esters is 1. The molecule has 2 aromatic carbocycles. The highest BCUT2D eigenvalue weighted by Gasteiger charge is 2.13. The first-order valence-corrected chi connectivity index (χ1v) is 10.7. The smallest absolute Gasteiger partial charge is 0.337 e. The second-order valence-corrected chi connectivity index (χ2v) is 8.01. The summed E-state index contributed by atoms with van der Waals surface area (Å²) in [6, 6.07) is 11.4. The van der Waals surface area contributed by atoms with Crippen LogP contribution in [0.3, 0.4) is 0 Å². The Balaban J connectivity index is 1.52. The number of rotatable bonds is 8. The molecule has 1 heterocycles. The van der Waals surface area contributed by atoms with E-state index in [-0.39, 0.29) is 18.3 Å². The minimum absolute atomic E-state index is 0.134. The Morgan fingerprint density at radius 1 is 1.13 bits per heavy atom. The number of carbonyl (C=O) groups excluding carboxylic acids is 2. The molecule has 162 valence electrons. The molecule has 11 heteroatoms. The number of carbonyl (C=O) groups is 2. The lowest BCUT2D eigenvalue weighted by Crippen LogP contribution is -2.14. The first-order chi connectivity index (χ1) is 14.9. The molecule has 3 rings (SSSR count). The van der Waals surface area contributed by atoms with Gasteiger partial charge < -0.3 is 19.4 Å². The second kappa shape index (κ2) is 10.5. The van der Waals surface area contributed by atoms with Crippen LogP contribution in [-0.2, 0) is 23.2 Å². The number of methoxy groups -OCH3 is 1. The third kappa shape index (κ3) is 6.13. The Labute approximate surface area is 192 Å². The van der Waals surface area contributed by atoms with Crippen LogP contribution in [-0.4, -0.2) is 39.5 Å². The van der Waals surface area contributed by atoms with Crippen molar-refractivity contribution >= 4 is 52.5 Å². The van der Waals surface area contributed by atoms with Crippen LogP contribution in [0.4, 0.5) is 5.69 Å². The van der Waals surface area contributed by atoms with Crippen molar-refractivity contribution in [1.29, 1.82) is 0 Å². The molecule has 0 aliphatic rings. The standard InChI is InChI=1S/C20H18Cl2N4O4S/c1-26-17(10-30-16-8-5-13(21)9-15(16)22)24-25-20(26)31-11-18(27)23-14-6-3-12(4-7-14)19(28)29-2/h3-9H,10-11H2,1-2H3,(H,23,27). The molecule has 0 bridgehead atoms. The lowest BCUT2D eigenvalue weighted by Gasteiger charge is -2.08. The molecule has 3 aromatic rings. The number of hydrogen-bond acceptors (Lipinski definition) is 7. The van der Waals surface area contributed by atoms with E-state index in [0.717, 1.165) is 0 Å². The van der Waals surface area contributed by atoms with Gasteiger partial charge in [0.1, 0.15) is 12.4 Å². The van der Waals surface area contributed by atoms with E-state index in [1.807, 2.05) is 0 Å². The molecule has 0 spiro atoms. The molecule has 1 amide bonds. The van der Waals surface area contributed by atoms with Crippen molar-refractivity contribution in [2.24, 2.45) is 7.05 Å². The van der Waals surface area contributed by atoms with Crippen molar-refractivity contribution in [3.8, 4) is 5.75 Å². The van der Waals surface area contributed by atoms with E-state index in [2.05, 4.69) is 20.3 Å². The number of nitrogens with one attached hydrogen (secondary N) is 1. The topological polar surface area (TPSA) is 95.3 Å². The summed E-state index contributed by atoms with van der Waals surface area (Å²) in [6.45, 7) is 0.157. The summed E-state index contributed by atoms with van der Waals surface area (Å²) in [5, 5.41) is 12.4. The van der Waals surface area contributed by atoms with Crippen LogP contribution < -0.4 is 10.1 Å². The Morgan fingerprint density at radius 3 is 2.55 bits per heavy atom. The zero-order valence-corrected chi connectivity index (χ0v) is 18.9. The van der Waals surface area contributed by atoms with Crippen molar-refractivity contribution in [1.82, 2.24) is 14.8 Å². The van der Waals surface area contributed by atoms with E-state index in [4.69, 9.17) is 27.9 Å². The third-order valence-corrected chi connectivity index (χ3v) is 5.65. The first-order valence-electron chi connectivity index (χ1n) is 8.94. The Kier molecular flexibility index (Phi) is 7.78. The highest BCUT2D eigenvalue weighted by atomic mass is 35.5. The van der Waals surface area contributed by atoms with Gasteiger partial charge >= 0.3 is 5.97 Å². The molecule has 0 aliphatic heterocycles. The Bertz CT molecular complexity index is 1090. The largest absolute Gasteiger partial charge is 0.484 e. The summed E-state index contributed by atoms with van der Waals surface area (Å²) >= 11 is 13.2. The number of nitrogens with zero attached hydrogens (tertiary/aromatic N) is 3. The minimum atomic E-state index is -0.436. The van der Waals surface area contributed by atoms with Crippen LogP contribution in [0.25, 0.3) is 0 Å². The summed E-state index contributed by atoms with van der Waals surface area (Å²) in [6.07, 6.45) is 0. The SMILES string of the molecule is COC(=O)c1ccc(NC(=O)CSc2nnc(COc3ccc(Cl)cc3Cl)n2C)cc1. The first kappa shape index (κ1) is 22.9. The molecule has 0 fully saturated rings. The number of ether oxygens (including phenoxy) is 2. The summed E-state index contributed by atoms with van der Waals surface area (Å²) in [7, 11) is 3.10. The number of anilines is 1. The van der Waals surface area contributed by atoms with Crippen LogP contribution in [0, 0.1) is 0 Å². The zero-order chi connectivity index (χ0) is 22.4. The second-order valence-electron chi connectivity index (χ2n) is 6.23. The van der Waals surface area contributed by atoms with E-state index in [0.29, 0.717) is 38.0 Å². The van der Waals surface area contributed by atoms with Gasteiger partial charge in [-0.25, -0.2) is 4.79 Å². The number of thioether (sulfide) groups is 1. The lowest BCUT2D eigenvalue weighted by atomic mass is 10.2. The summed E-state index contributed by atoms with van der Waals surface area (Å²) in [5.41, 5.74) is 0.980. The normalized spacial score (nSPS) is 10.6. The van der Waals surface area contributed by atoms with Crippen LogP contribution >= 0.6 is 35.0 Å². The van der Waals surface area contributed by atoms with Crippen molar-refractivity contribution in [2.45, 2.75) is 11.8 Å². The highest BCUT2D eigenvalue weighted by molar-refractivity contribution is 7.99. The maximum Gasteiger partial charge on any atom is 0.337 e. The van der Waals surface area contributed by atoms with Crippen molar-refractivity contribution in [3.05, 3.63) is 63.9 Å². The third-order valence-electron chi connectivity index (χ3n) is 4.10. The fourth-order valence-corrected chi connectivity index (χ4v) is 3.66. The molecule has 0 saturated heterocycles. The predicted octanol–water partition coefficient (Wildman–Crippen LogP) is 4.22. The van der Waals surface area contributed by atoms with Gasteiger partial charge in [-0.3, -0.25) is 4.79 Å². The molecule has 31 heavy (non-hydrogen) atoms. The molecule has 0 unspecified atom stereocenters. The minimum Gasteiger partial charge on any atom is -0.484 e. The van der Waals surface area contributed by atoms with E-state index in [1.165, 1.54) is 18.9 Å². The molecule has 8 nitrogen and oxygen atoms in total. The maximum atomic E-state index is 12.2. The zero-order valence-electron chi connectivity index (χ0n) is 16.6. The molecule has 0 aliphatic carbocycles.